The van der Waals surface area contributed by atoms with Gasteiger partial charge in [0.25, 0.3) is 0 Å². The van der Waals surface area contributed by atoms with Crippen LogP contribution in [0.2, 0.25) is 0 Å². The quantitative estimate of drug-likeness (QED) is 0.507. The number of carbonyl (C=O) groups is 1. The lowest BCUT2D eigenvalue weighted by molar-refractivity contribution is -0.119. The number of hydrogen-bond donors (Lipinski definition) is 1. The Morgan fingerprint density at radius 3 is 2.89 bits per heavy atom. The summed E-state index contributed by atoms with van der Waals surface area (Å²) < 4.78 is 0. The molecule has 1 amide bonds. The van der Waals surface area contributed by atoms with Crippen LogP contribution in [0, 0.1) is 4.91 Å². The van der Waals surface area contributed by atoms with Crippen molar-refractivity contribution in [1.29, 1.82) is 0 Å². The monoisotopic (exact) mass is 128 g/mol. The highest BCUT2D eigenvalue weighted by atomic mass is 16.3. The molecular weight excluding hydrogens is 120 g/mol. The lowest BCUT2D eigenvalue weighted by Crippen LogP contribution is -2.28. The SMILES string of the molecule is O=NC(=O)C1CCCN1. The fraction of sp³-hybridized carbons (Fsp3) is 0.800. The molecular formula is C5H8N2O2. The van der Waals surface area contributed by atoms with Crippen molar-refractivity contribution in [3.05, 3.63) is 4.91 Å². The average Bonchev–Trinajstić information content (AvgIpc) is 2.37. The molecule has 0 bridgehead atoms. The van der Waals surface area contributed by atoms with Crippen LogP contribution in [0.1, 0.15) is 12.8 Å². The van der Waals surface area contributed by atoms with Crippen molar-refractivity contribution in [2.45, 2.75) is 18.9 Å². The molecule has 1 heterocycles. The summed E-state index contributed by atoms with van der Waals surface area (Å²) in [5.41, 5.74) is 0. The Bertz CT molecular complexity index is 129. The Kier molecular flexibility index (Phi) is 1.89. The smallest absolute Gasteiger partial charge is 0.303 e. The largest absolute Gasteiger partial charge is 0.306 e. The van der Waals surface area contributed by atoms with E-state index in [0.29, 0.717) is 0 Å². The summed E-state index contributed by atoms with van der Waals surface area (Å²) in [6.45, 7) is 0.825. The molecule has 0 aromatic carbocycles. The van der Waals surface area contributed by atoms with Crippen molar-refractivity contribution in [1.82, 2.24) is 5.32 Å². The molecule has 0 spiro atoms. The first-order valence-corrected chi connectivity index (χ1v) is 2.95. The summed E-state index contributed by atoms with van der Waals surface area (Å²) in [5.74, 6) is -0.562. The number of rotatable bonds is 1. The van der Waals surface area contributed by atoms with Crippen LogP contribution in [0.15, 0.2) is 5.18 Å². The van der Waals surface area contributed by atoms with Gasteiger partial charge in [-0.05, 0) is 19.4 Å². The molecule has 1 fully saturated rings. The van der Waals surface area contributed by atoms with Gasteiger partial charge in [0.2, 0.25) is 0 Å². The zero-order valence-corrected chi connectivity index (χ0v) is 4.96. The summed E-state index contributed by atoms with van der Waals surface area (Å²) in [6.07, 6.45) is 1.72. The van der Waals surface area contributed by atoms with Gasteiger partial charge in [0.05, 0.1) is 6.04 Å². The summed E-state index contributed by atoms with van der Waals surface area (Å²) in [5, 5.41) is 5.18. The molecule has 0 aromatic rings. The van der Waals surface area contributed by atoms with Crippen molar-refractivity contribution < 1.29 is 4.79 Å². The van der Waals surface area contributed by atoms with Crippen molar-refractivity contribution in [3.63, 3.8) is 0 Å². The molecule has 4 nitrogen and oxygen atoms in total. The summed E-state index contributed by atoms with van der Waals surface area (Å²) >= 11 is 0. The minimum Gasteiger partial charge on any atom is -0.306 e. The van der Waals surface area contributed by atoms with E-state index in [-0.39, 0.29) is 6.04 Å². The van der Waals surface area contributed by atoms with E-state index in [1.165, 1.54) is 0 Å². The van der Waals surface area contributed by atoms with Crippen molar-refractivity contribution >= 4 is 5.91 Å². The van der Waals surface area contributed by atoms with Crippen LogP contribution in [-0.2, 0) is 4.79 Å². The number of carbonyl (C=O) groups excluding carboxylic acids is 1. The number of amides is 1. The molecule has 1 N–H and O–H groups in total. The van der Waals surface area contributed by atoms with Gasteiger partial charge in [-0.2, -0.15) is 0 Å². The Morgan fingerprint density at radius 2 is 2.44 bits per heavy atom. The van der Waals surface area contributed by atoms with Crippen molar-refractivity contribution in [2.75, 3.05) is 6.54 Å². The first-order valence-electron chi connectivity index (χ1n) is 2.95. The zero-order valence-electron chi connectivity index (χ0n) is 4.96. The Balaban J connectivity index is 2.41. The van der Waals surface area contributed by atoms with Crippen LogP contribution in [0.3, 0.4) is 0 Å². The Hall–Kier alpha value is -0.770. The van der Waals surface area contributed by atoms with Gasteiger partial charge in [-0.1, -0.05) is 0 Å². The molecule has 1 rings (SSSR count). The molecule has 0 aliphatic carbocycles. The van der Waals surface area contributed by atoms with Crippen LogP contribution in [0.25, 0.3) is 0 Å². The molecule has 1 unspecified atom stereocenters. The molecule has 1 atom stereocenters. The number of nitrogens with one attached hydrogen (secondary N) is 1. The van der Waals surface area contributed by atoms with Crippen LogP contribution < -0.4 is 5.32 Å². The molecule has 1 aliphatic heterocycles. The van der Waals surface area contributed by atoms with E-state index in [0.717, 1.165) is 19.4 Å². The van der Waals surface area contributed by atoms with Gasteiger partial charge < -0.3 is 5.32 Å². The molecule has 50 valence electrons. The predicted octanol–water partition coefficient (Wildman–Crippen LogP) is 0.0314. The van der Waals surface area contributed by atoms with Gasteiger partial charge in [0.15, 0.2) is 0 Å². The summed E-state index contributed by atoms with van der Waals surface area (Å²) in [6, 6.07) is -0.289. The third-order valence-corrected chi connectivity index (χ3v) is 1.45. The van der Waals surface area contributed by atoms with E-state index in [4.69, 9.17) is 0 Å². The van der Waals surface area contributed by atoms with Crippen LogP contribution in [-0.4, -0.2) is 18.5 Å². The third kappa shape index (κ3) is 1.32. The first-order chi connectivity index (χ1) is 4.34. The maximum atomic E-state index is 10.5. The first kappa shape index (κ1) is 6.35. The average molecular weight is 128 g/mol. The molecule has 1 saturated heterocycles. The molecule has 0 radical (unpaired) electrons. The van der Waals surface area contributed by atoms with Gasteiger partial charge in [0, 0.05) is 5.18 Å². The van der Waals surface area contributed by atoms with E-state index in [1.807, 2.05) is 0 Å². The van der Waals surface area contributed by atoms with E-state index in [2.05, 4.69) is 10.5 Å². The molecule has 1 aliphatic rings. The molecule has 0 aromatic heterocycles. The number of hydrogen-bond acceptors (Lipinski definition) is 3. The van der Waals surface area contributed by atoms with Gasteiger partial charge >= 0.3 is 5.91 Å². The highest BCUT2D eigenvalue weighted by molar-refractivity contribution is 5.82. The van der Waals surface area contributed by atoms with Crippen LogP contribution in [0.4, 0.5) is 0 Å². The standard InChI is InChI=1S/C5H8N2O2/c8-5(7-9)4-2-1-3-6-4/h4,6H,1-3H2. The van der Waals surface area contributed by atoms with E-state index in [9.17, 15) is 9.70 Å². The van der Waals surface area contributed by atoms with Crippen LogP contribution >= 0.6 is 0 Å². The fourth-order valence-electron chi connectivity index (χ4n) is 0.959. The zero-order chi connectivity index (χ0) is 6.69. The van der Waals surface area contributed by atoms with E-state index in [1.54, 1.807) is 0 Å². The Morgan fingerprint density at radius 1 is 1.67 bits per heavy atom. The lowest BCUT2D eigenvalue weighted by atomic mass is 10.2. The maximum Gasteiger partial charge on any atom is 0.303 e. The second-order valence-electron chi connectivity index (χ2n) is 2.08. The van der Waals surface area contributed by atoms with Crippen LogP contribution in [0.5, 0.6) is 0 Å². The van der Waals surface area contributed by atoms with Gasteiger partial charge in [-0.3, -0.25) is 4.79 Å². The molecule has 4 heteroatoms. The van der Waals surface area contributed by atoms with Gasteiger partial charge in [-0.25, -0.2) is 0 Å². The van der Waals surface area contributed by atoms with Gasteiger partial charge in [-0.15, -0.1) is 4.91 Å². The number of nitroso groups, excluding NO2 is 1. The minimum atomic E-state index is -0.562. The third-order valence-electron chi connectivity index (χ3n) is 1.45. The topological polar surface area (TPSA) is 58.5 Å². The fourth-order valence-corrected chi connectivity index (χ4v) is 0.959. The van der Waals surface area contributed by atoms with E-state index >= 15 is 0 Å². The lowest BCUT2D eigenvalue weighted by Gasteiger charge is -1.98. The Labute approximate surface area is 52.6 Å². The van der Waals surface area contributed by atoms with Gasteiger partial charge in [0.1, 0.15) is 0 Å². The molecule has 0 saturated carbocycles. The highest BCUT2D eigenvalue weighted by Crippen LogP contribution is 2.05. The second-order valence-corrected chi connectivity index (χ2v) is 2.08. The summed E-state index contributed by atoms with van der Waals surface area (Å²) in [4.78, 5) is 20.1. The van der Waals surface area contributed by atoms with Crippen molar-refractivity contribution in [2.24, 2.45) is 5.18 Å². The second kappa shape index (κ2) is 2.68. The number of nitrogens with zero attached hydrogens (tertiary/aromatic N) is 1. The highest BCUT2D eigenvalue weighted by Gasteiger charge is 2.21. The summed E-state index contributed by atoms with van der Waals surface area (Å²) in [7, 11) is 0. The normalized spacial score (nSPS) is 26.0. The van der Waals surface area contributed by atoms with Crippen molar-refractivity contribution in [3.8, 4) is 0 Å². The maximum absolute atomic E-state index is 10.5. The van der Waals surface area contributed by atoms with E-state index < -0.39 is 5.91 Å². The minimum absolute atomic E-state index is 0.289. The molecule has 9 heavy (non-hydrogen) atoms. The predicted molar refractivity (Wildman–Crippen MR) is 31.8 cm³/mol.